The molecule has 5 nitrogen and oxygen atoms in total. The van der Waals surface area contributed by atoms with E-state index in [1.807, 2.05) is 11.6 Å². The summed E-state index contributed by atoms with van der Waals surface area (Å²) in [7, 11) is 0. The van der Waals surface area contributed by atoms with E-state index in [0.29, 0.717) is 11.8 Å². The third kappa shape index (κ3) is 2.49. The highest BCUT2D eigenvalue weighted by atomic mass is 16.5. The fraction of sp³-hybridized carbons (Fsp3) is 0.667. The Morgan fingerprint density at radius 2 is 2.00 bits per heavy atom. The summed E-state index contributed by atoms with van der Waals surface area (Å²) in [6, 6.07) is 2.06. The Labute approximate surface area is 119 Å². The van der Waals surface area contributed by atoms with Gasteiger partial charge in [0, 0.05) is 11.6 Å². The molecule has 3 rings (SSSR count). The smallest absolute Gasteiger partial charge is 0.251 e. The molecule has 108 valence electrons. The van der Waals surface area contributed by atoms with Crippen LogP contribution in [0.1, 0.15) is 74.1 Å². The summed E-state index contributed by atoms with van der Waals surface area (Å²) in [6.45, 7) is 6.10. The van der Waals surface area contributed by atoms with E-state index in [2.05, 4.69) is 35.2 Å². The molecule has 0 N–H and O–H groups in total. The molecule has 1 atom stereocenters. The summed E-state index contributed by atoms with van der Waals surface area (Å²) in [5.41, 5.74) is 2.13. The second-order valence-corrected chi connectivity index (χ2v) is 5.87. The third-order valence-corrected chi connectivity index (χ3v) is 4.20. The summed E-state index contributed by atoms with van der Waals surface area (Å²) in [5.74, 6) is 2.03. The first kappa shape index (κ1) is 13.3. The first-order valence-corrected chi connectivity index (χ1v) is 7.51. The molecule has 0 bridgehead atoms. The normalized spacial score (nSPS) is 18.4. The summed E-state index contributed by atoms with van der Waals surface area (Å²) in [6.07, 6.45) is 6.27. The minimum absolute atomic E-state index is 0.00598. The van der Waals surface area contributed by atoms with Gasteiger partial charge in [0.15, 0.2) is 5.82 Å². The average molecular weight is 274 g/mol. The standard InChI is InChI=1S/C15H22N4O/c1-10-9-11(2)19(17-10)12(3)15-16-14(18-20-15)13-7-5-4-6-8-13/h9,12-13H,4-8H2,1-3H3/t12-/m1/s1. The molecule has 1 aliphatic rings. The molecule has 1 aliphatic carbocycles. The molecule has 1 fully saturated rings. The van der Waals surface area contributed by atoms with Gasteiger partial charge in [-0.2, -0.15) is 10.1 Å². The van der Waals surface area contributed by atoms with Crippen LogP contribution in [-0.2, 0) is 0 Å². The highest BCUT2D eigenvalue weighted by Crippen LogP contribution is 2.31. The minimum atomic E-state index is -0.00598. The molecule has 0 aromatic carbocycles. The molecular weight excluding hydrogens is 252 g/mol. The lowest BCUT2D eigenvalue weighted by molar-refractivity contribution is 0.325. The van der Waals surface area contributed by atoms with E-state index in [-0.39, 0.29) is 6.04 Å². The zero-order valence-electron chi connectivity index (χ0n) is 12.5. The van der Waals surface area contributed by atoms with Crippen molar-refractivity contribution in [1.29, 1.82) is 0 Å². The van der Waals surface area contributed by atoms with Gasteiger partial charge in [-0.05, 0) is 39.7 Å². The van der Waals surface area contributed by atoms with Gasteiger partial charge in [-0.15, -0.1) is 0 Å². The molecule has 0 amide bonds. The van der Waals surface area contributed by atoms with Gasteiger partial charge >= 0.3 is 0 Å². The van der Waals surface area contributed by atoms with Crippen molar-refractivity contribution in [2.24, 2.45) is 0 Å². The number of rotatable bonds is 3. The largest absolute Gasteiger partial charge is 0.337 e. The summed E-state index contributed by atoms with van der Waals surface area (Å²) >= 11 is 0. The highest BCUT2D eigenvalue weighted by molar-refractivity contribution is 5.10. The summed E-state index contributed by atoms with van der Waals surface area (Å²) in [4.78, 5) is 4.62. The van der Waals surface area contributed by atoms with Crippen molar-refractivity contribution in [2.45, 2.75) is 64.8 Å². The van der Waals surface area contributed by atoms with Crippen LogP contribution < -0.4 is 0 Å². The maximum Gasteiger partial charge on any atom is 0.251 e. The van der Waals surface area contributed by atoms with Crippen LogP contribution in [0.5, 0.6) is 0 Å². The van der Waals surface area contributed by atoms with Crippen LogP contribution in [0, 0.1) is 13.8 Å². The fourth-order valence-electron chi connectivity index (χ4n) is 3.09. The van der Waals surface area contributed by atoms with Crippen LogP contribution in [0.25, 0.3) is 0 Å². The van der Waals surface area contributed by atoms with E-state index < -0.39 is 0 Å². The highest BCUT2D eigenvalue weighted by Gasteiger charge is 2.24. The molecule has 20 heavy (non-hydrogen) atoms. The average Bonchev–Trinajstić information content (AvgIpc) is 3.06. The van der Waals surface area contributed by atoms with Crippen molar-refractivity contribution in [3.8, 4) is 0 Å². The first-order chi connectivity index (χ1) is 9.65. The molecule has 0 spiro atoms. The van der Waals surface area contributed by atoms with Crippen molar-refractivity contribution in [2.75, 3.05) is 0 Å². The number of nitrogens with zero attached hydrogens (tertiary/aromatic N) is 4. The van der Waals surface area contributed by atoms with Crippen molar-refractivity contribution in [1.82, 2.24) is 19.9 Å². The van der Waals surface area contributed by atoms with E-state index in [9.17, 15) is 0 Å². The lowest BCUT2D eigenvalue weighted by Crippen LogP contribution is -2.11. The first-order valence-electron chi connectivity index (χ1n) is 7.51. The molecule has 0 unspecified atom stereocenters. The minimum Gasteiger partial charge on any atom is -0.337 e. The predicted octanol–water partition coefficient (Wildman–Crippen LogP) is 3.54. The topological polar surface area (TPSA) is 56.7 Å². The monoisotopic (exact) mass is 274 g/mol. The van der Waals surface area contributed by atoms with E-state index >= 15 is 0 Å². The fourth-order valence-corrected chi connectivity index (χ4v) is 3.09. The Kier molecular flexibility index (Phi) is 3.59. The zero-order chi connectivity index (χ0) is 14.1. The van der Waals surface area contributed by atoms with E-state index in [1.54, 1.807) is 0 Å². The van der Waals surface area contributed by atoms with E-state index in [0.717, 1.165) is 17.2 Å². The lowest BCUT2D eigenvalue weighted by Gasteiger charge is -2.17. The Morgan fingerprint density at radius 1 is 1.25 bits per heavy atom. The Balaban J connectivity index is 1.80. The molecule has 0 radical (unpaired) electrons. The molecule has 5 heteroatoms. The van der Waals surface area contributed by atoms with Gasteiger partial charge in [-0.1, -0.05) is 24.4 Å². The molecular formula is C15H22N4O. The Morgan fingerprint density at radius 3 is 2.65 bits per heavy atom. The van der Waals surface area contributed by atoms with Crippen molar-refractivity contribution >= 4 is 0 Å². The van der Waals surface area contributed by atoms with Crippen LogP contribution in [0.4, 0.5) is 0 Å². The number of aryl methyl sites for hydroxylation is 2. The second kappa shape index (κ2) is 5.38. The number of hydrogen-bond donors (Lipinski definition) is 0. The second-order valence-electron chi connectivity index (χ2n) is 5.87. The lowest BCUT2D eigenvalue weighted by atomic mass is 9.89. The Bertz CT molecular complexity index is 580. The maximum absolute atomic E-state index is 5.48. The predicted molar refractivity (Wildman–Crippen MR) is 75.6 cm³/mol. The van der Waals surface area contributed by atoms with Crippen LogP contribution >= 0.6 is 0 Å². The van der Waals surface area contributed by atoms with Gasteiger partial charge in [-0.25, -0.2) is 0 Å². The van der Waals surface area contributed by atoms with Gasteiger partial charge in [0.05, 0.1) is 5.69 Å². The van der Waals surface area contributed by atoms with Crippen LogP contribution in [0.3, 0.4) is 0 Å². The SMILES string of the molecule is Cc1cc(C)n([C@H](C)c2nc(C3CCCCC3)no2)n1. The molecule has 1 saturated carbocycles. The zero-order valence-corrected chi connectivity index (χ0v) is 12.5. The van der Waals surface area contributed by atoms with Crippen molar-refractivity contribution < 1.29 is 4.52 Å². The maximum atomic E-state index is 5.48. The Hall–Kier alpha value is -1.65. The summed E-state index contributed by atoms with van der Waals surface area (Å²) in [5, 5.41) is 8.69. The van der Waals surface area contributed by atoms with E-state index in [1.165, 1.54) is 32.1 Å². The van der Waals surface area contributed by atoms with Crippen LogP contribution in [-0.4, -0.2) is 19.9 Å². The molecule has 0 aliphatic heterocycles. The molecule has 2 aromatic rings. The third-order valence-electron chi connectivity index (χ3n) is 4.20. The van der Waals surface area contributed by atoms with Crippen molar-refractivity contribution in [3.05, 3.63) is 29.2 Å². The molecule has 0 saturated heterocycles. The van der Waals surface area contributed by atoms with Gasteiger partial charge in [0.25, 0.3) is 5.89 Å². The van der Waals surface area contributed by atoms with Gasteiger partial charge in [0.2, 0.25) is 0 Å². The van der Waals surface area contributed by atoms with Crippen LogP contribution in [0.2, 0.25) is 0 Å². The van der Waals surface area contributed by atoms with Gasteiger partial charge < -0.3 is 4.52 Å². The van der Waals surface area contributed by atoms with Crippen molar-refractivity contribution in [3.63, 3.8) is 0 Å². The quantitative estimate of drug-likeness (QED) is 0.859. The van der Waals surface area contributed by atoms with E-state index in [4.69, 9.17) is 4.52 Å². The number of hydrogen-bond acceptors (Lipinski definition) is 4. The molecule has 2 heterocycles. The summed E-state index contributed by atoms with van der Waals surface area (Å²) < 4.78 is 7.43. The van der Waals surface area contributed by atoms with Gasteiger partial charge in [-0.3, -0.25) is 4.68 Å². The molecule has 2 aromatic heterocycles. The van der Waals surface area contributed by atoms with Gasteiger partial charge in [0.1, 0.15) is 6.04 Å². The number of aromatic nitrogens is 4. The van der Waals surface area contributed by atoms with Crippen LogP contribution in [0.15, 0.2) is 10.6 Å².